The van der Waals surface area contributed by atoms with Gasteiger partial charge in [0.15, 0.2) is 5.41 Å². The van der Waals surface area contributed by atoms with E-state index in [4.69, 9.17) is 11.6 Å². The molecule has 0 radical (unpaired) electrons. The second kappa shape index (κ2) is 9.59. The maximum atomic E-state index is 14.4. The van der Waals surface area contributed by atoms with Crippen molar-refractivity contribution in [3.63, 3.8) is 0 Å². The fraction of sp³-hybridized carbons (Fsp3) is 0.167. The molecule has 0 amide bonds. The van der Waals surface area contributed by atoms with Crippen molar-refractivity contribution >= 4 is 23.5 Å². The van der Waals surface area contributed by atoms with Crippen LogP contribution in [0.2, 0.25) is 5.02 Å². The van der Waals surface area contributed by atoms with Crippen LogP contribution in [0.4, 0.5) is 0 Å². The second-order valence-electron chi connectivity index (χ2n) is 9.18. The number of aliphatic carboxylic acids is 1. The molecule has 4 aromatic rings. The van der Waals surface area contributed by atoms with Crippen molar-refractivity contribution in [1.29, 1.82) is 0 Å². The van der Waals surface area contributed by atoms with Gasteiger partial charge in [-0.15, -0.1) is 0 Å². The molecular formula is C30H25ClN2O3. The Kier molecular flexibility index (Phi) is 6.33. The van der Waals surface area contributed by atoms with Gasteiger partial charge >= 0.3 is 5.97 Å². The molecule has 0 spiro atoms. The van der Waals surface area contributed by atoms with Gasteiger partial charge in [-0.05, 0) is 43.5 Å². The Hall–Kier alpha value is -3.96. The molecule has 5 rings (SSSR count). The normalized spacial score (nSPS) is 19.5. The number of hydrogen-bond acceptors (Lipinski definition) is 3. The molecule has 180 valence electrons. The predicted molar refractivity (Wildman–Crippen MR) is 141 cm³/mol. The van der Waals surface area contributed by atoms with Crippen molar-refractivity contribution in [2.45, 2.75) is 25.7 Å². The number of carboxylic acids is 1. The first-order valence-corrected chi connectivity index (χ1v) is 12.2. The molecule has 1 heterocycles. The van der Waals surface area contributed by atoms with Crippen LogP contribution in [0, 0.1) is 5.41 Å². The molecule has 1 aliphatic rings. The Bertz CT molecular complexity index is 1440. The van der Waals surface area contributed by atoms with E-state index in [9.17, 15) is 14.7 Å². The zero-order chi connectivity index (χ0) is 25.3. The standard InChI is InChI=1S/C30H25ClN2O3/c1-20-16-17-30(29(35)36,25(18-20)21-12-14-24(31)15-13-21)28(34)33-27(23-10-6-3-7-11-23)19-26(32-33)22-8-4-2-5-9-22/h2-15,18-19,25H,16-17H2,1H3,(H,35,36)/t25-,30+/m1/s1. The molecule has 1 aromatic heterocycles. The number of carbonyl (C=O) groups excluding carboxylic acids is 1. The van der Waals surface area contributed by atoms with E-state index >= 15 is 0 Å². The number of benzene rings is 3. The lowest BCUT2D eigenvalue weighted by atomic mass is 9.64. The van der Waals surface area contributed by atoms with E-state index in [0.717, 1.165) is 22.3 Å². The van der Waals surface area contributed by atoms with Gasteiger partial charge in [0, 0.05) is 22.1 Å². The number of carbonyl (C=O) groups is 2. The number of rotatable bonds is 5. The average molecular weight is 497 g/mol. The summed E-state index contributed by atoms with van der Waals surface area (Å²) in [5.74, 6) is -2.38. The van der Waals surface area contributed by atoms with Crippen LogP contribution >= 0.6 is 11.6 Å². The molecule has 5 nitrogen and oxygen atoms in total. The summed E-state index contributed by atoms with van der Waals surface area (Å²) < 4.78 is 1.29. The lowest BCUT2D eigenvalue weighted by Gasteiger charge is -2.38. The van der Waals surface area contributed by atoms with Crippen LogP contribution in [0.25, 0.3) is 22.5 Å². The summed E-state index contributed by atoms with van der Waals surface area (Å²) in [7, 11) is 0. The molecule has 0 unspecified atom stereocenters. The van der Waals surface area contributed by atoms with E-state index in [1.165, 1.54) is 4.68 Å². The molecule has 36 heavy (non-hydrogen) atoms. The van der Waals surface area contributed by atoms with Crippen LogP contribution in [0.3, 0.4) is 0 Å². The summed E-state index contributed by atoms with van der Waals surface area (Å²) in [6, 6.07) is 27.9. The zero-order valence-corrected chi connectivity index (χ0v) is 20.5. The van der Waals surface area contributed by atoms with Crippen LogP contribution < -0.4 is 0 Å². The number of aromatic nitrogens is 2. The number of hydrogen-bond donors (Lipinski definition) is 1. The van der Waals surface area contributed by atoms with Gasteiger partial charge in [0.05, 0.1) is 11.4 Å². The van der Waals surface area contributed by atoms with Gasteiger partial charge in [-0.2, -0.15) is 9.78 Å². The van der Waals surface area contributed by atoms with Gasteiger partial charge in [-0.3, -0.25) is 9.59 Å². The molecule has 1 aliphatic carbocycles. The summed E-state index contributed by atoms with van der Waals surface area (Å²) in [4.78, 5) is 27.5. The molecule has 0 bridgehead atoms. The van der Waals surface area contributed by atoms with Gasteiger partial charge in [0.1, 0.15) is 0 Å². The summed E-state index contributed by atoms with van der Waals surface area (Å²) in [6.07, 6.45) is 2.59. The third-order valence-corrected chi connectivity index (χ3v) is 7.18. The Balaban J connectivity index is 1.71. The first-order chi connectivity index (χ1) is 17.4. The van der Waals surface area contributed by atoms with Crippen molar-refractivity contribution in [2.75, 3.05) is 0 Å². The first-order valence-electron chi connectivity index (χ1n) is 11.8. The van der Waals surface area contributed by atoms with Crippen molar-refractivity contribution < 1.29 is 14.7 Å². The van der Waals surface area contributed by atoms with Crippen molar-refractivity contribution in [2.24, 2.45) is 5.41 Å². The molecule has 3 aromatic carbocycles. The minimum atomic E-state index is -1.73. The fourth-order valence-electron chi connectivity index (χ4n) is 4.97. The maximum Gasteiger partial charge on any atom is 0.320 e. The van der Waals surface area contributed by atoms with E-state index in [1.807, 2.05) is 79.7 Å². The van der Waals surface area contributed by atoms with Crippen LogP contribution in [0.1, 0.15) is 36.0 Å². The quantitative estimate of drug-likeness (QED) is 0.236. The van der Waals surface area contributed by atoms with Crippen LogP contribution in [-0.2, 0) is 4.79 Å². The number of halogens is 1. The zero-order valence-electron chi connectivity index (χ0n) is 19.8. The minimum absolute atomic E-state index is 0.172. The summed E-state index contributed by atoms with van der Waals surface area (Å²) in [5.41, 5.74) is 2.84. The van der Waals surface area contributed by atoms with Gasteiger partial charge in [0.2, 0.25) is 0 Å². The Morgan fingerprint density at radius 3 is 2.17 bits per heavy atom. The van der Waals surface area contributed by atoms with Crippen molar-refractivity contribution in [3.8, 4) is 22.5 Å². The average Bonchev–Trinajstić information content (AvgIpc) is 3.35. The molecular weight excluding hydrogens is 472 g/mol. The highest BCUT2D eigenvalue weighted by molar-refractivity contribution is 6.30. The third kappa shape index (κ3) is 4.16. The first kappa shape index (κ1) is 23.8. The van der Waals surface area contributed by atoms with E-state index in [1.54, 1.807) is 24.3 Å². The molecule has 0 saturated carbocycles. The Morgan fingerprint density at radius 2 is 1.56 bits per heavy atom. The SMILES string of the molecule is CC1=C[C@H](c2ccc(Cl)cc2)[C@](C(=O)O)(C(=O)n2nc(-c3ccccc3)cc2-c2ccccc2)CC1. The topological polar surface area (TPSA) is 72.2 Å². The van der Waals surface area contributed by atoms with E-state index in [0.29, 0.717) is 22.8 Å². The van der Waals surface area contributed by atoms with Gasteiger partial charge in [0.25, 0.3) is 5.91 Å². The molecule has 0 saturated heterocycles. The van der Waals surface area contributed by atoms with Crippen LogP contribution in [0.5, 0.6) is 0 Å². The lowest BCUT2D eigenvalue weighted by Crippen LogP contribution is -2.48. The monoisotopic (exact) mass is 496 g/mol. The van der Waals surface area contributed by atoms with Gasteiger partial charge < -0.3 is 5.11 Å². The Labute approximate surface area is 214 Å². The maximum absolute atomic E-state index is 14.4. The smallest absolute Gasteiger partial charge is 0.320 e. The molecule has 1 N–H and O–H groups in total. The number of allylic oxidation sites excluding steroid dienone is 2. The second-order valence-corrected chi connectivity index (χ2v) is 9.62. The van der Waals surface area contributed by atoms with E-state index in [2.05, 4.69) is 5.10 Å². The summed E-state index contributed by atoms with van der Waals surface area (Å²) in [6.45, 7) is 1.97. The molecule has 2 atom stereocenters. The summed E-state index contributed by atoms with van der Waals surface area (Å²) >= 11 is 6.11. The van der Waals surface area contributed by atoms with Crippen molar-refractivity contribution in [1.82, 2.24) is 9.78 Å². The highest BCUT2D eigenvalue weighted by Crippen LogP contribution is 2.48. The third-order valence-electron chi connectivity index (χ3n) is 6.93. The van der Waals surface area contributed by atoms with Gasteiger partial charge in [-0.25, -0.2) is 0 Å². The molecule has 0 aliphatic heterocycles. The highest BCUT2D eigenvalue weighted by Gasteiger charge is 2.55. The number of nitrogens with zero attached hydrogens (tertiary/aromatic N) is 2. The molecule has 0 fully saturated rings. The van der Waals surface area contributed by atoms with Crippen molar-refractivity contribution in [3.05, 3.63) is 113 Å². The largest absolute Gasteiger partial charge is 0.480 e. The number of carboxylic acid groups (broad SMARTS) is 1. The fourth-order valence-corrected chi connectivity index (χ4v) is 5.10. The van der Waals surface area contributed by atoms with E-state index in [-0.39, 0.29) is 6.42 Å². The molecule has 6 heteroatoms. The van der Waals surface area contributed by atoms with Crippen LogP contribution in [0.15, 0.2) is 103 Å². The minimum Gasteiger partial charge on any atom is -0.480 e. The van der Waals surface area contributed by atoms with E-state index < -0.39 is 23.2 Å². The Morgan fingerprint density at radius 1 is 0.944 bits per heavy atom. The highest BCUT2D eigenvalue weighted by atomic mass is 35.5. The summed E-state index contributed by atoms with van der Waals surface area (Å²) in [5, 5.41) is 15.9. The lowest BCUT2D eigenvalue weighted by molar-refractivity contribution is -0.147. The van der Waals surface area contributed by atoms with Crippen LogP contribution in [-0.4, -0.2) is 26.8 Å². The van der Waals surface area contributed by atoms with Gasteiger partial charge in [-0.1, -0.05) is 96.0 Å². The predicted octanol–water partition coefficient (Wildman–Crippen LogP) is 7.11.